The number of carbonyl (C=O) groups excluding carboxylic acids is 3. The zero-order chi connectivity index (χ0) is 21.3. The minimum absolute atomic E-state index is 0.251. The molecule has 0 unspecified atom stereocenters. The van der Waals surface area contributed by atoms with Gasteiger partial charge in [-0.3, -0.25) is 9.59 Å². The van der Waals surface area contributed by atoms with E-state index in [0.717, 1.165) is 6.42 Å². The van der Waals surface area contributed by atoms with Crippen LogP contribution in [0.3, 0.4) is 0 Å². The standard InChI is InChI=1S/C24H22N2O4/c1-2-15-30-24(29)18-11-13-20(14-12-18)25-23(28)19-9-6-10-21(16-19)26-22(27)17-7-4-3-5-8-17/h3-14,16H,2,15H2,1H3,(H,25,28)(H,26,27). The minimum atomic E-state index is -0.392. The summed E-state index contributed by atoms with van der Waals surface area (Å²) in [6, 6.07) is 22.0. The molecule has 0 aliphatic carbocycles. The molecule has 6 nitrogen and oxygen atoms in total. The average molecular weight is 402 g/mol. The maximum Gasteiger partial charge on any atom is 0.338 e. The van der Waals surface area contributed by atoms with Crippen molar-refractivity contribution in [2.75, 3.05) is 17.2 Å². The van der Waals surface area contributed by atoms with Gasteiger partial charge in [-0.2, -0.15) is 0 Å². The van der Waals surface area contributed by atoms with Crippen molar-refractivity contribution in [3.05, 3.63) is 95.6 Å². The second-order valence-electron chi connectivity index (χ2n) is 6.57. The normalized spacial score (nSPS) is 10.2. The predicted octanol–water partition coefficient (Wildman–Crippen LogP) is 4.76. The third kappa shape index (κ3) is 5.54. The van der Waals surface area contributed by atoms with Crippen molar-refractivity contribution in [2.24, 2.45) is 0 Å². The van der Waals surface area contributed by atoms with Gasteiger partial charge < -0.3 is 15.4 Å². The van der Waals surface area contributed by atoms with Crippen LogP contribution >= 0.6 is 0 Å². The quantitative estimate of drug-likeness (QED) is 0.558. The summed E-state index contributed by atoms with van der Waals surface area (Å²) in [4.78, 5) is 36.7. The van der Waals surface area contributed by atoms with Crippen LogP contribution in [-0.4, -0.2) is 24.4 Å². The summed E-state index contributed by atoms with van der Waals surface area (Å²) in [5.74, 6) is -0.970. The summed E-state index contributed by atoms with van der Waals surface area (Å²) in [6.45, 7) is 2.29. The molecule has 3 rings (SSSR count). The lowest BCUT2D eigenvalue weighted by atomic mass is 10.1. The van der Waals surface area contributed by atoms with Crippen LogP contribution in [0.5, 0.6) is 0 Å². The second-order valence-corrected chi connectivity index (χ2v) is 6.57. The second kappa shape index (κ2) is 10.0. The summed E-state index contributed by atoms with van der Waals surface area (Å²) in [5, 5.41) is 5.56. The summed E-state index contributed by atoms with van der Waals surface area (Å²) in [5.41, 5.74) is 2.42. The molecule has 0 saturated heterocycles. The van der Waals surface area contributed by atoms with Gasteiger partial charge in [-0.05, 0) is 61.0 Å². The average Bonchev–Trinajstić information content (AvgIpc) is 2.78. The number of nitrogens with one attached hydrogen (secondary N) is 2. The van der Waals surface area contributed by atoms with Crippen molar-refractivity contribution in [2.45, 2.75) is 13.3 Å². The fourth-order valence-corrected chi connectivity index (χ4v) is 2.70. The van der Waals surface area contributed by atoms with Gasteiger partial charge >= 0.3 is 5.97 Å². The molecular weight excluding hydrogens is 380 g/mol. The molecule has 6 heteroatoms. The van der Waals surface area contributed by atoms with Gasteiger partial charge in [0.1, 0.15) is 0 Å². The summed E-state index contributed by atoms with van der Waals surface area (Å²) < 4.78 is 5.08. The number of rotatable bonds is 7. The molecule has 0 fully saturated rings. The number of amides is 2. The van der Waals surface area contributed by atoms with E-state index in [1.807, 2.05) is 13.0 Å². The van der Waals surface area contributed by atoms with Crippen LogP contribution in [0.25, 0.3) is 0 Å². The van der Waals surface area contributed by atoms with Crippen molar-refractivity contribution in [3.8, 4) is 0 Å². The van der Waals surface area contributed by atoms with Crippen LogP contribution in [0.2, 0.25) is 0 Å². The minimum Gasteiger partial charge on any atom is -0.462 e. The zero-order valence-corrected chi connectivity index (χ0v) is 16.6. The molecule has 3 aromatic rings. The molecule has 0 radical (unpaired) electrons. The molecule has 2 amide bonds. The number of ether oxygens (including phenoxy) is 1. The third-order valence-electron chi connectivity index (χ3n) is 4.23. The number of esters is 1. The number of carbonyl (C=O) groups is 3. The van der Waals surface area contributed by atoms with Gasteiger partial charge in [-0.15, -0.1) is 0 Å². The molecule has 2 N–H and O–H groups in total. The number of anilines is 2. The molecule has 0 atom stereocenters. The molecule has 152 valence electrons. The topological polar surface area (TPSA) is 84.5 Å². The molecule has 0 saturated carbocycles. The zero-order valence-electron chi connectivity index (χ0n) is 16.6. The van der Waals surface area contributed by atoms with Crippen molar-refractivity contribution in [1.82, 2.24) is 0 Å². The largest absolute Gasteiger partial charge is 0.462 e. The van der Waals surface area contributed by atoms with E-state index in [1.165, 1.54) is 0 Å². The highest BCUT2D eigenvalue weighted by molar-refractivity contribution is 6.07. The number of benzene rings is 3. The Morgan fingerprint density at radius 1 is 0.700 bits per heavy atom. The molecule has 0 bridgehead atoms. The lowest BCUT2D eigenvalue weighted by molar-refractivity contribution is 0.0505. The highest BCUT2D eigenvalue weighted by Gasteiger charge is 2.11. The first-order chi connectivity index (χ1) is 14.6. The Morgan fingerprint density at radius 3 is 2.03 bits per heavy atom. The third-order valence-corrected chi connectivity index (χ3v) is 4.23. The lowest BCUT2D eigenvalue weighted by Crippen LogP contribution is -2.14. The van der Waals surface area contributed by atoms with E-state index >= 15 is 0 Å². The van der Waals surface area contributed by atoms with Crippen LogP contribution < -0.4 is 10.6 Å². The van der Waals surface area contributed by atoms with Gasteiger partial charge in [-0.1, -0.05) is 31.2 Å². The summed E-state index contributed by atoms with van der Waals surface area (Å²) in [6.07, 6.45) is 0.755. The van der Waals surface area contributed by atoms with Crippen molar-refractivity contribution in [1.29, 1.82) is 0 Å². The monoisotopic (exact) mass is 402 g/mol. The van der Waals surface area contributed by atoms with Crippen LogP contribution in [-0.2, 0) is 4.74 Å². The fraction of sp³-hybridized carbons (Fsp3) is 0.125. The first kappa shape index (κ1) is 20.8. The van der Waals surface area contributed by atoms with Crippen molar-refractivity contribution < 1.29 is 19.1 Å². The Kier molecular flexibility index (Phi) is 6.95. The van der Waals surface area contributed by atoms with Crippen LogP contribution in [0.15, 0.2) is 78.9 Å². The Balaban J connectivity index is 1.64. The van der Waals surface area contributed by atoms with Gasteiger partial charge in [0.2, 0.25) is 0 Å². The maximum atomic E-state index is 12.6. The van der Waals surface area contributed by atoms with E-state index in [4.69, 9.17) is 4.74 Å². The van der Waals surface area contributed by atoms with Gasteiger partial charge in [-0.25, -0.2) is 4.79 Å². The molecular formula is C24H22N2O4. The van der Waals surface area contributed by atoms with Gasteiger partial charge in [0.15, 0.2) is 0 Å². The van der Waals surface area contributed by atoms with E-state index in [-0.39, 0.29) is 11.8 Å². The number of hydrogen-bond acceptors (Lipinski definition) is 4. The van der Waals surface area contributed by atoms with Gasteiger partial charge in [0.05, 0.1) is 12.2 Å². The van der Waals surface area contributed by atoms with E-state index in [1.54, 1.807) is 72.8 Å². The Labute approximate surface area is 174 Å². The highest BCUT2D eigenvalue weighted by atomic mass is 16.5. The molecule has 30 heavy (non-hydrogen) atoms. The molecule has 0 aromatic heterocycles. The Bertz CT molecular complexity index is 1030. The first-order valence-corrected chi connectivity index (χ1v) is 9.62. The van der Waals surface area contributed by atoms with Crippen molar-refractivity contribution >= 4 is 29.2 Å². The Morgan fingerprint density at radius 2 is 1.33 bits per heavy atom. The molecule has 0 aliphatic heterocycles. The predicted molar refractivity (Wildman–Crippen MR) is 116 cm³/mol. The SMILES string of the molecule is CCCOC(=O)c1ccc(NC(=O)c2cccc(NC(=O)c3ccccc3)c2)cc1. The van der Waals surface area contributed by atoms with Crippen LogP contribution in [0.1, 0.15) is 44.4 Å². The molecule has 0 heterocycles. The summed E-state index contributed by atoms with van der Waals surface area (Å²) in [7, 11) is 0. The lowest BCUT2D eigenvalue weighted by Gasteiger charge is -2.09. The highest BCUT2D eigenvalue weighted by Crippen LogP contribution is 2.16. The number of hydrogen-bond donors (Lipinski definition) is 2. The van der Waals surface area contributed by atoms with E-state index < -0.39 is 5.97 Å². The van der Waals surface area contributed by atoms with Crippen molar-refractivity contribution in [3.63, 3.8) is 0 Å². The van der Waals surface area contributed by atoms with Gasteiger partial charge in [0.25, 0.3) is 11.8 Å². The van der Waals surface area contributed by atoms with E-state index in [9.17, 15) is 14.4 Å². The maximum absolute atomic E-state index is 12.6. The van der Waals surface area contributed by atoms with E-state index in [0.29, 0.717) is 34.7 Å². The smallest absolute Gasteiger partial charge is 0.338 e. The van der Waals surface area contributed by atoms with Crippen LogP contribution in [0.4, 0.5) is 11.4 Å². The first-order valence-electron chi connectivity index (χ1n) is 9.62. The Hall–Kier alpha value is -3.93. The molecule has 0 spiro atoms. The van der Waals surface area contributed by atoms with Gasteiger partial charge in [0, 0.05) is 22.5 Å². The molecule has 0 aliphatic rings. The fourth-order valence-electron chi connectivity index (χ4n) is 2.70. The van der Waals surface area contributed by atoms with Crippen LogP contribution in [0, 0.1) is 0 Å². The van der Waals surface area contributed by atoms with E-state index in [2.05, 4.69) is 10.6 Å². The summed E-state index contributed by atoms with van der Waals surface area (Å²) >= 11 is 0. The molecule has 3 aromatic carbocycles.